The highest BCUT2D eigenvalue weighted by atomic mass is 35.5. The number of nitrogens with zero attached hydrogens (tertiary/aromatic N) is 1. The van der Waals surface area contributed by atoms with Gasteiger partial charge >= 0.3 is 0 Å². The van der Waals surface area contributed by atoms with Crippen molar-refractivity contribution < 1.29 is 19.1 Å². The molecule has 9 heteroatoms. The third kappa shape index (κ3) is 5.70. The van der Waals surface area contributed by atoms with Gasteiger partial charge in [-0.2, -0.15) is 0 Å². The van der Waals surface area contributed by atoms with Gasteiger partial charge in [0.1, 0.15) is 17.7 Å². The minimum atomic E-state index is -0.257. The second-order valence-electron chi connectivity index (χ2n) is 7.85. The average molecular weight is 496 g/mol. The molecule has 2 N–H and O–H groups in total. The molecule has 0 saturated heterocycles. The van der Waals surface area contributed by atoms with E-state index in [2.05, 4.69) is 15.6 Å². The maximum Gasteiger partial charge on any atom is 0.244 e. The van der Waals surface area contributed by atoms with Crippen LogP contribution in [0.15, 0.2) is 48.7 Å². The van der Waals surface area contributed by atoms with Gasteiger partial charge in [-0.15, -0.1) is 11.3 Å². The van der Waals surface area contributed by atoms with Crippen LogP contribution in [0.25, 0.3) is 16.5 Å². The quantitative estimate of drug-likeness (QED) is 0.364. The van der Waals surface area contributed by atoms with Crippen LogP contribution in [0.3, 0.4) is 0 Å². The number of fused-ring (bicyclic) bond motifs is 1. The molecule has 1 aliphatic rings. The number of hydrogen-bond donors (Lipinski definition) is 2. The summed E-state index contributed by atoms with van der Waals surface area (Å²) in [6.07, 6.45) is 5.02. The van der Waals surface area contributed by atoms with Crippen LogP contribution >= 0.6 is 22.9 Å². The fourth-order valence-corrected chi connectivity index (χ4v) is 4.70. The Bertz CT molecular complexity index is 1280. The Morgan fingerprint density at radius 2 is 2.03 bits per heavy atom. The lowest BCUT2D eigenvalue weighted by Gasteiger charge is -2.11. The second kappa shape index (κ2) is 10.2. The standard InChI is InChI=1S/C25H22ClN3O4S/c1-14(30)21-5-6-22(34-21)17-9-18-10-19(33-25(18)20(26)11-17)13-28-24(32)8-4-16-3-7-23(27-12-16)29-15(2)31/h3-9,11-12,19H,10,13H2,1-2H3,(H,28,32)(H,27,29,31). The Balaban J connectivity index is 1.33. The van der Waals surface area contributed by atoms with Gasteiger partial charge in [0.15, 0.2) is 5.78 Å². The zero-order chi connectivity index (χ0) is 24.2. The number of Topliss-reactive ketones (excluding diaryl/α,β-unsaturated/α-hetero) is 1. The molecule has 0 spiro atoms. The maximum atomic E-state index is 12.2. The van der Waals surface area contributed by atoms with Gasteiger partial charge in [0, 0.05) is 36.1 Å². The van der Waals surface area contributed by atoms with Crippen LogP contribution in [-0.4, -0.2) is 35.2 Å². The van der Waals surface area contributed by atoms with Crippen LogP contribution in [0.5, 0.6) is 5.75 Å². The number of hydrogen-bond acceptors (Lipinski definition) is 6. The number of anilines is 1. The van der Waals surface area contributed by atoms with Gasteiger partial charge in [-0.3, -0.25) is 14.4 Å². The van der Waals surface area contributed by atoms with Gasteiger partial charge in [0.2, 0.25) is 11.8 Å². The SMILES string of the molecule is CC(=O)Nc1ccc(C=CC(=O)NCC2Cc3cc(-c4ccc(C(C)=O)s4)cc(Cl)c3O2)cn1. The zero-order valence-corrected chi connectivity index (χ0v) is 20.1. The fraction of sp³-hybridized carbons (Fsp3) is 0.200. The summed E-state index contributed by atoms with van der Waals surface area (Å²) in [6.45, 7) is 3.29. The first-order chi connectivity index (χ1) is 16.3. The number of carbonyl (C=O) groups is 3. The molecule has 3 heterocycles. The van der Waals surface area contributed by atoms with E-state index in [1.165, 1.54) is 24.3 Å². The molecule has 34 heavy (non-hydrogen) atoms. The highest BCUT2D eigenvalue weighted by Crippen LogP contribution is 2.41. The van der Waals surface area contributed by atoms with Gasteiger partial charge < -0.3 is 15.4 Å². The van der Waals surface area contributed by atoms with Crippen LogP contribution in [0.4, 0.5) is 5.82 Å². The fourth-order valence-electron chi connectivity index (χ4n) is 3.53. The molecule has 3 aromatic rings. The number of nitrogens with one attached hydrogen (secondary N) is 2. The summed E-state index contributed by atoms with van der Waals surface area (Å²) in [7, 11) is 0. The van der Waals surface area contributed by atoms with Crippen molar-refractivity contribution in [2.75, 3.05) is 11.9 Å². The van der Waals surface area contributed by atoms with Crippen LogP contribution < -0.4 is 15.4 Å². The van der Waals surface area contributed by atoms with Gasteiger partial charge in [0.25, 0.3) is 0 Å². The molecule has 1 atom stereocenters. The Kier molecular flexibility index (Phi) is 7.09. The van der Waals surface area contributed by atoms with Crippen molar-refractivity contribution in [1.82, 2.24) is 10.3 Å². The first-order valence-electron chi connectivity index (χ1n) is 10.6. The largest absolute Gasteiger partial charge is 0.486 e. The van der Waals surface area contributed by atoms with E-state index in [9.17, 15) is 14.4 Å². The van der Waals surface area contributed by atoms with Gasteiger partial charge in [-0.05, 0) is 60.5 Å². The Morgan fingerprint density at radius 1 is 1.21 bits per heavy atom. The molecule has 174 valence electrons. The summed E-state index contributed by atoms with van der Waals surface area (Å²) in [5.41, 5.74) is 2.64. The van der Waals surface area contributed by atoms with E-state index in [0.29, 0.717) is 34.4 Å². The summed E-state index contributed by atoms with van der Waals surface area (Å²) in [5.74, 6) is 0.668. The molecule has 1 aromatic carbocycles. The normalized spacial score (nSPS) is 14.5. The van der Waals surface area contributed by atoms with E-state index >= 15 is 0 Å². The van der Waals surface area contributed by atoms with Gasteiger partial charge in [-0.1, -0.05) is 11.6 Å². The predicted octanol–water partition coefficient (Wildman–Crippen LogP) is 4.76. The molecule has 2 amide bonds. The maximum absolute atomic E-state index is 12.2. The second-order valence-corrected chi connectivity index (χ2v) is 9.34. The van der Waals surface area contributed by atoms with Crippen molar-refractivity contribution in [2.45, 2.75) is 26.4 Å². The van der Waals surface area contributed by atoms with E-state index in [-0.39, 0.29) is 23.7 Å². The summed E-state index contributed by atoms with van der Waals surface area (Å²) < 4.78 is 5.96. The van der Waals surface area contributed by atoms with Crippen molar-refractivity contribution in [3.63, 3.8) is 0 Å². The first kappa shape index (κ1) is 23.7. The molecule has 2 aromatic heterocycles. The van der Waals surface area contributed by atoms with Crippen molar-refractivity contribution in [3.05, 3.63) is 69.7 Å². The highest BCUT2D eigenvalue weighted by Gasteiger charge is 2.26. The summed E-state index contributed by atoms with van der Waals surface area (Å²) >= 11 is 7.90. The molecule has 0 aliphatic carbocycles. The number of rotatable bonds is 7. The van der Waals surface area contributed by atoms with E-state index in [1.54, 1.807) is 31.3 Å². The lowest BCUT2D eigenvalue weighted by molar-refractivity contribution is -0.117. The molecule has 0 radical (unpaired) electrons. The molecule has 0 saturated carbocycles. The third-order valence-electron chi connectivity index (χ3n) is 5.11. The predicted molar refractivity (Wildman–Crippen MR) is 133 cm³/mol. The van der Waals surface area contributed by atoms with Crippen molar-refractivity contribution in [3.8, 4) is 16.2 Å². The summed E-state index contributed by atoms with van der Waals surface area (Å²) in [6, 6.07) is 11.0. The van der Waals surface area contributed by atoms with Crippen molar-refractivity contribution >= 4 is 52.4 Å². The number of ketones is 1. The average Bonchev–Trinajstić information content (AvgIpc) is 3.44. The van der Waals surface area contributed by atoms with Crippen molar-refractivity contribution in [1.29, 1.82) is 0 Å². The monoisotopic (exact) mass is 495 g/mol. The molecule has 0 bridgehead atoms. The van der Waals surface area contributed by atoms with Crippen LogP contribution in [0.1, 0.15) is 34.6 Å². The van der Waals surface area contributed by atoms with E-state index in [4.69, 9.17) is 16.3 Å². The van der Waals surface area contributed by atoms with E-state index in [0.717, 1.165) is 21.6 Å². The zero-order valence-electron chi connectivity index (χ0n) is 18.6. The minimum absolute atomic E-state index is 0.0370. The summed E-state index contributed by atoms with van der Waals surface area (Å²) in [4.78, 5) is 40.7. The van der Waals surface area contributed by atoms with Crippen LogP contribution in [-0.2, 0) is 16.0 Å². The molecule has 1 aliphatic heterocycles. The molecule has 4 rings (SSSR count). The Hall–Kier alpha value is -3.49. The van der Waals surface area contributed by atoms with E-state index < -0.39 is 0 Å². The molecular formula is C25H22ClN3O4S. The summed E-state index contributed by atoms with van der Waals surface area (Å²) in [5, 5.41) is 5.94. The number of halogens is 1. The smallest absolute Gasteiger partial charge is 0.244 e. The topological polar surface area (TPSA) is 97.4 Å². The van der Waals surface area contributed by atoms with E-state index in [1.807, 2.05) is 24.3 Å². The van der Waals surface area contributed by atoms with Crippen LogP contribution in [0, 0.1) is 0 Å². The molecule has 7 nitrogen and oxygen atoms in total. The highest BCUT2D eigenvalue weighted by molar-refractivity contribution is 7.17. The Labute approximate surface area is 205 Å². The minimum Gasteiger partial charge on any atom is -0.486 e. The number of ether oxygens (including phenoxy) is 1. The lowest BCUT2D eigenvalue weighted by Crippen LogP contribution is -2.33. The number of pyridine rings is 1. The lowest BCUT2D eigenvalue weighted by atomic mass is 10.1. The van der Waals surface area contributed by atoms with Crippen molar-refractivity contribution in [2.24, 2.45) is 0 Å². The van der Waals surface area contributed by atoms with Gasteiger partial charge in [-0.25, -0.2) is 4.98 Å². The molecule has 1 unspecified atom stereocenters. The number of aromatic nitrogens is 1. The molecular weight excluding hydrogens is 474 g/mol. The number of benzene rings is 1. The first-order valence-corrected chi connectivity index (χ1v) is 11.8. The number of thiophene rings is 1. The number of carbonyl (C=O) groups excluding carboxylic acids is 3. The third-order valence-corrected chi connectivity index (χ3v) is 6.63. The van der Waals surface area contributed by atoms with Gasteiger partial charge in [0.05, 0.1) is 16.4 Å². The molecule has 0 fully saturated rings. The van der Waals surface area contributed by atoms with Crippen LogP contribution in [0.2, 0.25) is 5.02 Å². The Morgan fingerprint density at radius 3 is 2.71 bits per heavy atom. The number of amides is 2.